The van der Waals surface area contributed by atoms with Crippen molar-refractivity contribution in [2.75, 3.05) is 13.1 Å². The molecule has 1 aliphatic rings. The second-order valence-corrected chi connectivity index (χ2v) is 6.75. The van der Waals surface area contributed by atoms with Crippen LogP contribution in [0.4, 0.5) is 0 Å². The zero-order valence-electron chi connectivity index (χ0n) is 12.6. The van der Waals surface area contributed by atoms with Crippen LogP contribution in [-0.2, 0) is 6.54 Å². The number of nitrogens with zero attached hydrogens (tertiary/aromatic N) is 1. The average molecular weight is 358 g/mol. The van der Waals surface area contributed by atoms with Crippen molar-refractivity contribution in [3.63, 3.8) is 0 Å². The molecule has 0 aliphatic carbocycles. The molecular weight excluding hydrogens is 338 g/mol. The summed E-state index contributed by atoms with van der Waals surface area (Å²) in [4.78, 5) is 15.3. The second kappa shape index (κ2) is 7.21. The summed E-state index contributed by atoms with van der Waals surface area (Å²) in [5.41, 5.74) is 2.70. The Morgan fingerprint density at radius 3 is 2.55 bits per heavy atom. The Morgan fingerprint density at radius 2 is 1.77 bits per heavy atom. The summed E-state index contributed by atoms with van der Waals surface area (Å²) < 4.78 is 0.937. The third-order valence-corrected chi connectivity index (χ3v) is 4.68. The first-order valence-electron chi connectivity index (χ1n) is 7.84. The maximum Gasteiger partial charge on any atom is 0.193 e. The number of halogens is 1. The number of carbonyl (C=O) groups excluding carboxylic acids is 1. The predicted octanol–water partition coefficient (Wildman–Crippen LogP) is 4.67. The molecule has 0 bridgehead atoms. The quantitative estimate of drug-likeness (QED) is 0.741. The Hall–Kier alpha value is -1.45. The molecule has 1 fully saturated rings. The van der Waals surface area contributed by atoms with Gasteiger partial charge in [0.1, 0.15) is 0 Å². The number of hydrogen-bond acceptors (Lipinski definition) is 2. The highest BCUT2D eigenvalue weighted by molar-refractivity contribution is 9.10. The van der Waals surface area contributed by atoms with Crippen molar-refractivity contribution in [2.24, 2.45) is 0 Å². The third kappa shape index (κ3) is 3.65. The van der Waals surface area contributed by atoms with Crippen molar-refractivity contribution in [3.05, 3.63) is 69.7 Å². The van der Waals surface area contributed by atoms with Gasteiger partial charge in [0.2, 0.25) is 0 Å². The van der Waals surface area contributed by atoms with Crippen molar-refractivity contribution < 1.29 is 4.79 Å². The van der Waals surface area contributed by atoms with Gasteiger partial charge in [-0.05, 0) is 43.6 Å². The Bertz CT molecular complexity index is 662. The molecule has 22 heavy (non-hydrogen) atoms. The lowest BCUT2D eigenvalue weighted by Gasteiger charge is -2.27. The van der Waals surface area contributed by atoms with Gasteiger partial charge in [0.15, 0.2) is 5.78 Å². The van der Waals surface area contributed by atoms with Crippen LogP contribution in [-0.4, -0.2) is 23.8 Å². The minimum Gasteiger partial charge on any atom is -0.299 e. The molecule has 0 N–H and O–H groups in total. The first kappa shape index (κ1) is 15.4. The van der Waals surface area contributed by atoms with E-state index in [1.54, 1.807) is 0 Å². The van der Waals surface area contributed by atoms with Crippen LogP contribution >= 0.6 is 15.9 Å². The van der Waals surface area contributed by atoms with E-state index in [0.717, 1.165) is 40.8 Å². The highest BCUT2D eigenvalue weighted by atomic mass is 79.9. The molecule has 0 spiro atoms. The van der Waals surface area contributed by atoms with Gasteiger partial charge in [0.05, 0.1) is 0 Å². The number of rotatable bonds is 4. The van der Waals surface area contributed by atoms with Crippen LogP contribution in [0.1, 0.15) is 40.7 Å². The molecule has 3 heteroatoms. The molecule has 0 atom stereocenters. The molecular formula is C19H20BrNO. The molecule has 1 heterocycles. The molecule has 1 aliphatic heterocycles. The van der Waals surface area contributed by atoms with Crippen LogP contribution in [0.5, 0.6) is 0 Å². The fourth-order valence-corrected chi connectivity index (χ4v) is 3.42. The Labute approximate surface area is 140 Å². The largest absolute Gasteiger partial charge is 0.299 e. The van der Waals surface area contributed by atoms with Crippen LogP contribution in [0.25, 0.3) is 0 Å². The molecule has 0 unspecified atom stereocenters. The standard InChI is InChI=1S/C19H20BrNO/c20-17-9-6-8-15(13-17)19(22)18-10-3-2-7-16(18)14-21-11-4-1-5-12-21/h2-3,6-10,13H,1,4-5,11-12,14H2. The minimum absolute atomic E-state index is 0.105. The predicted molar refractivity (Wildman–Crippen MR) is 93.1 cm³/mol. The molecule has 2 nitrogen and oxygen atoms in total. The summed E-state index contributed by atoms with van der Waals surface area (Å²) in [6, 6.07) is 15.6. The van der Waals surface area contributed by atoms with Crippen LogP contribution in [0.2, 0.25) is 0 Å². The van der Waals surface area contributed by atoms with Crippen LogP contribution in [0, 0.1) is 0 Å². The average Bonchev–Trinajstić information content (AvgIpc) is 2.56. The summed E-state index contributed by atoms with van der Waals surface area (Å²) in [5.74, 6) is 0.105. The first-order valence-corrected chi connectivity index (χ1v) is 8.64. The van der Waals surface area contributed by atoms with Crippen molar-refractivity contribution in [1.29, 1.82) is 0 Å². The van der Waals surface area contributed by atoms with Gasteiger partial charge in [0.25, 0.3) is 0 Å². The summed E-state index contributed by atoms with van der Waals surface area (Å²) >= 11 is 3.44. The van der Waals surface area contributed by atoms with E-state index in [1.165, 1.54) is 19.3 Å². The van der Waals surface area contributed by atoms with Gasteiger partial charge < -0.3 is 0 Å². The van der Waals surface area contributed by atoms with Gasteiger partial charge in [0, 0.05) is 22.1 Å². The molecule has 0 aromatic heterocycles. The summed E-state index contributed by atoms with van der Waals surface area (Å²) in [7, 11) is 0. The monoisotopic (exact) mass is 357 g/mol. The SMILES string of the molecule is O=C(c1cccc(Br)c1)c1ccccc1CN1CCCCC1. The molecule has 0 radical (unpaired) electrons. The lowest BCUT2D eigenvalue weighted by molar-refractivity contribution is 0.103. The second-order valence-electron chi connectivity index (χ2n) is 5.83. The van der Waals surface area contributed by atoms with E-state index in [2.05, 4.69) is 26.9 Å². The smallest absolute Gasteiger partial charge is 0.193 e. The van der Waals surface area contributed by atoms with E-state index in [1.807, 2.05) is 42.5 Å². The van der Waals surface area contributed by atoms with Gasteiger partial charge in [-0.25, -0.2) is 0 Å². The lowest BCUT2D eigenvalue weighted by atomic mass is 9.97. The van der Waals surface area contributed by atoms with Crippen molar-refractivity contribution >= 4 is 21.7 Å². The van der Waals surface area contributed by atoms with Crippen molar-refractivity contribution in [1.82, 2.24) is 4.90 Å². The molecule has 0 amide bonds. The molecule has 2 aromatic carbocycles. The normalized spacial score (nSPS) is 15.7. The number of ketones is 1. The highest BCUT2D eigenvalue weighted by Crippen LogP contribution is 2.20. The zero-order valence-corrected chi connectivity index (χ0v) is 14.2. The molecule has 114 valence electrons. The van der Waals surface area contributed by atoms with E-state index in [9.17, 15) is 4.79 Å². The minimum atomic E-state index is 0.105. The van der Waals surface area contributed by atoms with E-state index < -0.39 is 0 Å². The fraction of sp³-hybridized carbons (Fsp3) is 0.316. The van der Waals surface area contributed by atoms with Gasteiger partial charge in [-0.1, -0.05) is 58.7 Å². The van der Waals surface area contributed by atoms with Gasteiger partial charge >= 0.3 is 0 Å². The maximum absolute atomic E-state index is 12.8. The Balaban J connectivity index is 1.85. The van der Waals surface area contributed by atoms with Crippen LogP contribution < -0.4 is 0 Å². The number of hydrogen-bond donors (Lipinski definition) is 0. The summed E-state index contributed by atoms with van der Waals surface area (Å²) in [6.07, 6.45) is 3.86. The van der Waals surface area contributed by atoms with E-state index in [0.29, 0.717) is 0 Å². The third-order valence-electron chi connectivity index (χ3n) is 4.19. The highest BCUT2D eigenvalue weighted by Gasteiger charge is 2.17. The number of piperidine rings is 1. The fourth-order valence-electron chi connectivity index (χ4n) is 3.02. The molecule has 1 saturated heterocycles. The zero-order chi connectivity index (χ0) is 15.4. The maximum atomic E-state index is 12.8. The Kier molecular flexibility index (Phi) is 5.06. The van der Waals surface area contributed by atoms with Crippen LogP contribution in [0.15, 0.2) is 53.0 Å². The summed E-state index contributed by atoms with van der Waals surface area (Å²) in [6.45, 7) is 3.15. The van der Waals surface area contributed by atoms with E-state index in [4.69, 9.17) is 0 Å². The van der Waals surface area contributed by atoms with Crippen molar-refractivity contribution in [3.8, 4) is 0 Å². The van der Waals surface area contributed by atoms with Crippen LogP contribution in [0.3, 0.4) is 0 Å². The van der Waals surface area contributed by atoms with Gasteiger partial charge in [-0.15, -0.1) is 0 Å². The molecule has 2 aromatic rings. The topological polar surface area (TPSA) is 20.3 Å². The van der Waals surface area contributed by atoms with Gasteiger partial charge in [-0.2, -0.15) is 0 Å². The Morgan fingerprint density at radius 1 is 1.00 bits per heavy atom. The number of benzene rings is 2. The number of carbonyl (C=O) groups is 1. The lowest BCUT2D eigenvalue weighted by Crippen LogP contribution is -2.29. The first-order chi connectivity index (χ1) is 10.7. The summed E-state index contributed by atoms with van der Waals surface area (Å²) in [5, 5.41) is 0. The number of likely N-dealkylation sites (tertiary alicyclic amines) is 1. The van der Waals surface area contributed by atoms with E-state index >= 15 is 0 Å². The molecule has 0 saturated carbocycles. The van der Waals surface area contributed by atoms with Gasteiger partial charge in [-0.3, -0.25) is 9.69 Å². The van der Waals surface area contributed by atoms with E-state index in [-0.39, 0.29) is 5.78 Å². The molecule has 3 rings (SSSR count). The van der Waals surface area contributed by atoms with Crippen molar-refractivity contribution in [2.45, 2.75) is 25.8 Å².